The summed E-state index contributed by atoms with van der Waals surface area (Å²) in [7, 11) is 3.19. The summed E-state index contributed by atoms with van der Waals surface area (Å²) in [6.45, 7) is 8.56. The SMILES string of the molecule is COc1ccc(CCN2C(=O)C(=O)/C(=C(\O)c3ccc(OC)cc3C)C2c2ccc(C(C)(C)C)cc2)cc1. The summed E-state index contributed by atoms with van der Waals surface area (Å²) < 4.78 is 10.5. The lowest BCUT2D eigenvalue weighted by Crippen LogP contribution is -2.31. The predicted molar refractivity (Wildman–Crippen MR) is 149 cm³/mol. The Morgan fingerprint density at radius 3 is 2.05 bits per heavy atom. The molecule has 1 amide bonds. The number of hydrogen-bond acceptors (Lipinski definition) is 5. The van der Waals surface area contributed by atoms with Gasteiger partial charge in [0.25, 0.3) is 11.7 Å². The van der Waals surface area contributed by atoms with Crippen LogP contribution >= 0.6 is 0 Å². The average Bonchev–Trinajstić information content (AvgIpc) is 3.16. The van der Waals surface area contributed by atoms with Crippen molar-refractivity contribution in [2.45, 2.75) is 45.6 Å². The lowest BCUT2D eigenvalue weighted by atomic mass is 9.85. The van der Waals surface area contributed by atoms with Gasteiger partial charge >= 0.3 is 0 Å². The van der Waals surface area contributed by atoms with Crippen LogP contribution in [-0.2, 0) is 21.4 Å². The molecule has 3 aromatic rings. The largest absolute Gasteiger partial charge is 0.507 e. The van der Waals surface area contributed by atoms with E-state index in [0.29, 0.717) is 24.3 Å². The number of nitrogens with zero attached hydrogens (tertiary/aromatic N) is 1. The highest BCUT2D eigenvalue weighted by Gasteiger charge is 2.46. The quantitative estimate of drug-likeness (QED) is 0.239. The smallest absolute Gasteiger partial charge is 0.295 e. The summed E-state index contributed by atoms with van der Waals surface area (Å²) >= 11 is 0. The van der Waals surface area contributed by atoms with E-state index in [2.05, 4.69) is 20.8 Å². The zero-order valence-corrected chi connectivity index (χ0v) is 22.9. The number of carbonyl (C=O) groups is 2. The van der Waals surface area contributed by atoms with Crippen molar-refractivity contribution in [3.05, 3.63) is 100 Å². The maximum absolute atomic E-state index is 13.4. The molecular weight excluding hydrogens is 478 g/mol. The number of aryl methyl sites for hydroxylation is 1. The van der Waals surface area contributed by atoms with E-state index < -0.39 is 17.7 Å². The van der Waals surface area contributed by atoms with E-state index >= 15 is 0 Å². The molecule has 6 nitrogen and oxygen atoms in total. The molecule has 1 heterocycles. The first kappa shape index (κ1) is 27.0. The number of methoxy groups -OCH3 is 2. The summed E-state index contributed by atoms with van der Waals surface area (Å²) in [5.41, 5.74) is 4.22. The van der Waals surface area contributed by atoms with E-state index in [-0.39, 0.29) is 16.7 Å². The van der Waals surface area contributed by atoms with Gasteiger partial charge in [0.2, 0.25) is 0 Å². The Balaban J connectivity index is 1.78. The molecule has 1 unspecified atom stereocenters. The first-order chi connectivity index (χ1) is 18.0. The normalized spacial score (nSPS) is 17.1. The minimum atomic E-state index is -0.705. The van der Waals surface area contributed by atoms with E-state index in [0.717, 1.165) is 28.0 Å². The summed E-state index contributed by atoms with van der Waals surface area (Å²) in [6.07, 6.45) is 0.551. The van der Waals surface area contributed by atoms with Crippen molar-refractivity contribution in [1.82, 2.24) is 4.90 Å². The maximum Gasteiger partial charge on any atom is 0.295 e. The van der Waals surface area contributed by atoms with Crippen molar-refractivity contribution >= 4 is 17.4 Å². The van der Waals surface area contributed by atoms with Gasteiger partial charge in [0.1, 0.15) is 17.3 Å². The number of rotatable bonds is 7. The van der Waals surface area contributed by atoms with Crippen LogP contribution in [0.4, 0.5) is 0 Å². The van der Waals surface area contributed by atoms with Gasteiger partial charge in [-0.25, -0.2) is 0 Å². The standard InChI is InChI=1S/C32H35NO5/c1-20-19-25(38-6)15-16-26(20)29(34)27-28(22-9-11-23(12-10-22)32(2,3)4)33(31(36)30(27)35)18-17-21-7-13-24(37-5)14-8-21/h7-16,19,28,34H,17-18H2,1-6H3/b29-27-. The van der Waals surface area contributed by atoms with E-state index in [1.54, 1.807) is 37.3 Å². The minimum absolute atomic E-state index is 0.0467. The number of aliphatic hydroxyl groups is 1. The van der Waals surface area contributed by atoms with Gasteiger partial charge in [-0.3, -0.25) is 9.59 Å². The molecular formula is C32H35NO5. The molecule has 0 radical (unpaired) electrons. The fourth-order valence-electron chi connectivity index (χ4n) is 4.84. The van der Waals surface area contributed by atoms with E-state index in [1.807, 2.05) is 55.5 Å². The van der Waals surface area contributed by atoms with Crippen LogP contribution in [-0.4, -0.2) is 42.5 Å². The summed E-state index contributed by atoms with van der Waals surface area (Å²) in [6, 6.07) is 20.1. The third kappa shape index (κ3) is 5.30. The number of hydrogen-bond donors (Lipinski definition) is 1. The van der Waals surface area contributed by atoms with E-state index in [9.17, 15) is 14.7 Å². The van der Waals surface area contributed by atoms with Crippen molar-refractivity contribution in [2.24, 2.45) is 0 Å². The van der Waals surface area contributed by atoms with Gasteiger partial charge in [-0.15, -0.1) is 0 Å². The van der Waals surface area contributed by atoms with Crippen LogP contribution in [0.3, 0.4) is 0 Å². The lowest BCUT2D eigenvalue weighted by Gasteiger charge is -2.27. The first-order valence-corrected chi connectivity index (χ1v) is 12.7. The van der Waals surface area contributed by atoms with Crippen LogP contribution in [0.1, 0.15) is 54.6 Å². The number of likely N-dealkylation sites (tertiary alicyclic amines) is 1. The molecule has 3 aromatic carbocycles. The van der Waals surface area contributed by atoms with Crippen LogP contribution in [0.5, 0.6) is 11.5 Å². The second kappa shape index (κ2) is 10.7. The Morgan fingerprint density at radius 2 is 1.50 bits per heavy atom. The zero-order valence-electron chi connectivity index (χ0n) is 22.9. The van der Waals surface area contributed by atoms with Crippen molar-refractivity contribution < 1.29 is 24.2 Å². The van der Waals surface area contributed by atoms with E-state index in [4.69, 9.17) is 9.47 Å². The Bertz CT molecular complexity index is 1360. The third-order valence-electron chi connectivity index (χ3n) is 7.12. The molecule has 1 fully saturated rings. The first-order valence-electron chi connectivity index (χ1n) is 12.7. The maximum atomic E-state index is 13.4. The van der Waals surface area contributed by atoms with Gasteiger partial charge < -0.3 is 19.5 Å². The van der Waals surface area contributed by atoms with Crippen molar-refractivity contribution in [3.63, 3.8) is 0 Å². The summed E-state index contributed by atoms with van der Waals surface area (Å²) in [5, 5.41) is 11.5. The summed E-state index contributed by atoms with van der Waals surface area (Å²) in [5.74, 6) is -0.0786. The van der Waals surface area contributed by atoms with Crippen LogP contribution in [0.15, 0.2) is 72.3 Å². The van der Waals surface area contributed by atoms with Crippen molar-refractivity contribution in [1.29, 1.82) is 0 Å². The summed E-state index contributed by atoms with van der Waals surface area (Å²) in [4.78, 5) is 28.4. The second-order valence-corrected chi connectivity index (χ2v) is 10.6. The molecule has 1 N–H and O–H groups in total. The highest BCUT2D eigenvalue weighted by atomic mass is 16.5. The topological polar surface area (TPSA) is 76.1 Å². The number of amides is 1. The highest BCUT2D eigenvalue weighted by Crippen LogP contribution is 2.41. The van der Waals surface area contributed by atoms with Crippen LogP contribution in [0, 0.1) is 6.92 Å². The Hall–Kier alpha value is -4.06. The Labute approximate surface area is 224 Å². The Morgan fingerprint density at radius 1 is 0.895 bits per heavy atom. The van der Waals surface area contributed by atoms with E-state index in [1.165, 1.54) is 0 Å². The minimum Gasteiger partial charge on any atom is -0.507 e. The number of carbonyl (C=O) groups excluding carboxylic acids is 2. The van der Waals surface area contributed by atoms with Crippen LogP contribution < -0.4 is 9.47 Å². The fraction of sp³-hybridized carbons (Fsp3) is 0.312. The molecule has 6 heteroatoms. The van der Waals surface area contributed by atoms with Gasteiger partial charge in [-0.05, 0) is 71.3 Å². The fourth-order valence-corrected chi connectivity index (χ4v) is 4.84. The molecule has 0 spiro atoms. The number of ether oxygens (including phenoxy) is 2. The molecule has 198 valence electrons. The second-order valence-electron chi connectivity index (χ2n) is 10.6. The van der Waals surface area contributed by atoms with Gasteiger partial charge in [0.15, 0.2) is 0 Å². The molecule has 1 saturated heterocycles. The number of aliphatic hydroxyl groups excluding tert-OH is 1. The zero-order chi connectivity index (χ0) is 27.6. The van der Waals surface area contributed by atoms with Gasteiger partial charge in [-0.2, -0.15) is 0 Å². The number of ketones is 1. The monoisotopic (exact) mass is 513 g/mol. The molecule has 38 heavy (non-hydrogen) atoms. The lowest BCUT2D eigenvalue weighted by molar-refractivity contribution is -0.139. The van der Waals surface area contributed by atoms with Crippen molar-refractivity contribution in [2.75, 3.05) is 20.8 Å². The number of Topliss-reactive ketones (excluding diaryl/α,β-unsaturated/α-hetero) is 1. The molecule has 1 atom stereocenters. The molecule has 4 rings (SSSR count). The van der Waals surface area contributed by atoms with Gasteiger partial charge in [0, 0.05) is 12.1 Å². The predicted octanol–water partition coefficient (Wildman–Crippen LogP) is 5.97. The van der Waals surface area contributed by atoms with Crippen molar-refractivity contribution in [3.8, 4) is 11.5 Å². The Kier molecular flexibility index (Phi) is 7.63. The highest BCUT2D eigenvalue weighted by molar-refractivity contribution is 6.46. The molecule has 0 saturated carbocycles. The molecule has 0 aliphatic carbocycles. The average molecular weight is 514 g/mol. The molecule has 1 aliphatic heterocycles. The molecule has 0 aromatic heterocycles. The van der Waals surface area contributed by atoms with Crippen LogP contribution in [0.25, 0.3) is 5.76 Å². The molecule has 0 bridgehead atoms. The number of benzene rings is 3. The van der Waals surface area contributed by atoms with Gasteiger partial charge in [-0.1, -0.05) is 57.2 Å². The van der Waals surface area contributed by atoms with Crippen LogP contribution in [0.2, 0.25) is 0 Å². The van der Waals surface area contributed by atoms with Gasteiger partial charge in [0.05, 0.1) is 25.8 Å². The third-order valence-corrected chi connectivity index (χ3v) is 7.12. The molecule has 1 aliphatic rings.